The summed E-state index contributed by atoms with van der Waals surface area (Å²) in [5, 5.41) is 4.07. The molecule has 0 bridgehead atoms. The van der Waals surface area contributed by atoms with Crippen LogP contribution in [0.1, 0.15) is 75.0 Å². The van der Waals surface area contributed by atoms with E-state index in [9.17, 15) is 0 Å². The van der Waals surface area contributed by atoms with Crippen LogP contribution in [0.2, 0.25) is 0 Å². The lowest BCUT2D eigenvalue weighted by Crippen LogP contribution is -2.55. The Kier molecular flexibility index (Phi) is 3.34. The van der Waals surface area contributed by atoms with E-state index in [4.69, 9.17) is 0 Å². The van der Waals surface area contributed by atoms with Crippen LogP contribution in [-0.4, -0.2) is 6.04 Å². The molecule has 0 aliphatic heterocycles. The molecule has 1 N–H and O–H groups in total. The lowest BCUT2D eigenvalue weighted by molar-refractivity contribution is 0.0150. The topological polar surface area (TPSA) is 12.0 Å². The van der Waals surface area contributed by atoms with E-state index in [0.29, 0.717) is 11.5 Å². The summed E-state index contributed by atoms with van der Waals surface area (Å²) in [5.41, 5.74) is 3.87. The Labute approximate surface area is 123 Å². The molecule has 108 valence electrons. The van der Waals surface area contributed by atoms with Gasteiger partial charge in [0.2, 0.25) is 0 Å². The van der Waals surface area contributed by atoms with Gasteiger partial charge in [-0.05, 0) is 61.5 Å². The van der Waals surface area contributed by atoms with Gasteiger partial charge in [-0.2, -0.15) is 0 Å². The van der Waals surface area contributed by atoms with Crippen LogP contribution >= 0.6 is 0 Å². The van der Waals surface area contributed by atoms with Crippen LogP contribution in [0, 0.1) is 5.41 Å². The van der Waals surface area contributed by atoms with Crippen molar-refractivity contribution >= 4 is 0 Å². The Bertz CT molecular complexity index is 472. The lowest BCUT2D eigenvalue weighted by Gasteiger charge is -2.54. The van der Waals surface area contributed by atoms with E-state index in [1.807, 2.05) is 0 Å². The third kappa shape index (κ3) is 2.11. The van der Waals surface area contributed by atoms with Crippen molar-refractivity contribution in [1.29, 1.82) is 0 Å². The quantitative estimate of drug-likeness (QED) is 0.815. The van der Waals surface area contributed by atoms with Gasteiger partial charge in [-0.15, -0.1) is 0 Å². The third-order valence-electron chi connectivity index (χ3n) is 6.29. The average Bonchev–Trinajstić information content (AvgIpc) is 2.52. The van der Waals surface area contributed by atoms with Crippen molar-refractivity contribution in [3.8, 4) is 0 Å². The summed E-state index contributed by atoms with van der Waals surface area (Å²) in [6.45, 7) is 0. The molecule has 1 aromatic carbocycles. The first-order valence-electron chi connectivity index (χ1n) is 8.71. The maximum atomic E-state index is 4.07. The van der Waals surface area contributed by atoms with Crippen LogP contribution in [-0.2, 0) is 6.42 Å². The minimum Gasteiger partial charge on any atom is -0.307 e. The first kappa shape index (κ1) is 12.9. The summed E-state index contributed by atoms with van der Waals surface area (Å²) >= 11 is 0. The van der Waals surface area contributed by atoms with E-state index in [-0.39, 0.29) is 0 Å². The second-order valence-electron chi connectivity index (χ2n) is 7.32. The number of nitrogens with one attached hydrogen (secondary N) is 1. The van der Waals surface area contributed by atoms with Crippen molar-refractivity contribution in [3.05, 3.63) is 35.4 Å². The van der Waals surface area contributed by atoms with Crippen LogP contribution in [0.25, 0.3) is 0 Å². The fourth-order valence-corrected chi connectivity index (χ4v) is 4.98. The van der Waals surface area contributed by atoms with E-state index >= 15 is 0 Å². The zero-order valence-electron chi connectivity index (χ0n) is 12.5. The minimum atomic E-state index is 0.629. The highest BCUT2D eigenvalue weighted by atomic mass is 15.0. The lowest BCUT2D eigenvalue weighted by atomic mass is 9.57. The standard InChI is InChI=1S/C19H27N/c1-4-12-19(13-5-1)14-11-18(19)20-17-10-6-8-15-7-2-3-9-16(15)17/h2-3,7,9,17-18,20H,1,4-6,8,10-14H2. The molecule has 3 aliphatic rings. The predicted octanol–water partition coefficient (Wildman–Crippen LogP) is 4.77. The summed E-state index contributed by atoms with van der Waals surface area (Å²) in [7, 11) is 0. The van der Waals surface area contributed by atoms with Gasteiger partial charge in [0.25, 0.3) is 0 Å². The maximum absolute atomic E-state index is 4.07. The normalized spacial score (nSPS) is 31.6. The molecule has 2 fully saturated rings. The van der Waals surface area contributed by atoms with Crippen LogP contribution in [0.4, 0.5) is 0 Å². The molecule has 3 aliphatic carbocycles. The summed E-state index contributed by atoms with van der Waals surface area (Å²) in [6.07, 6.45) is 14.3. The Balaban J connectivity index is 1.50. The summed E-state index contributed by atoms with van der Waals surface area (Å²) in [5.74, 6) is 0. The average molecular weight is 269 g/mol. The Morgan fingerprint density at radius 1 is 0.900 bits per heavy atom. The van der Waals surface area contributed by atoms with E-state index in [1.54, 1.807) is 11.1 Å². The molecule has 2 atom stereocenters. The molecule has 1 heteroatoms. The van der Waals surface area contributed by atoms with Gasteiger partial charge in [0.05, 0.1) is 0 Å². The highest BCUT2D eigenvalue weighted by molar-refractivity contribution is 5.32. The fourth-order valence-electron chi connectivity index (χ4n) is 4.98. The highest BCUT2D eigenvalue weighted by Crippen LogP contribution is 2.52. The second-order valence-corrected chi connectivity index (χ2v) is 7.32. The molecule has 4 rings (SSSR count). The first-order valence-corrected chi connectivity index (χ1v) is 8.71. The molecule has 20 heavy (non-hydrogen) atoms. The van der Waals surface area contributed by atoms with Crippen molar-refractivity contribution in [2.45, 2.75) is 76.3 Å². The third-order valence-corrected chi connectivity index (χ3v) is 6.29. The van der Waals surface area contributed by atoms with Crippen LogP contribution in [0.5, 0.6) is 0 Å². The summed E-state index contributed by atoms with van der Waals surface area (Å²) in [4.78, 5) is 0. The molecule has 2 saturated carbocycles. The minimum absolute atomic E-state index is 0.629. The van der Waals surface area contributed by atoms with Gasteiger partial charge in [-0.3, -0.25) is 0 Å². The Morgan fingerprint density at radius 2 is 1.75 bits per heavy atom. The Hall–Kier alpha value is -0.820. The monoisotopic (exact) mass is 269 g/mol. The number of rotatable bonds is 2. The smallest absolute Gasteiger partial charge is 0.0325 e. The predicted molar refractivity (Wildman–Crippen MR) is 83.8 cm³/mol. The number of aryl methyl sites for hydroxylation is 1. The maximum Gasteiger partial charge on any atom is 0.0325 e. The molecule has 0 saturated heterocycles. The number of hydrogen-bond acceptors (Lipinski definition) is 1. The van der Waals surface area contributed by atoms with Crippen molar-refractivity contribution in [3.63, 3.8) is 0 Å². The first-order chi connectivity index (χ1) is 9.87. The molecule has 1 aromatic rings. The zero-order valence-corrected chi connectivity index (χ0v) is 12.5. The van der Waals surface area contributed by atoms with Crippen molar-refractivity contribution in [2.75, 3.05) is 0 Å². The molecule has 0 heterocycles. The molecular formula is C19H27N. The molecule has 0 radical (unpaired) electrons. The second kappa shape index (κ2) is 5.18. The van der Waals surface area contributed by atoms with Gasteiger partial charge in [0.1, 0.15) is 0 Å². The van der Waals surface area contributed by atoms with E-state index in [0.717, 1.165) is 6.04 Å². The van der Waals surface area contributed by atoms with Gasteiger partial charge in [-0.25, -0.2) is 0 Å². The number of hydrogen-bond donors (Lipinski definition) is 1. The van der Waals surface area contributed by atoms with Crippen molar-refractivity contribution in [2.24, 2.45) is 5.41 Å². The van der Waals surface area contributed by atoms with Gasteiger partial charge in [0, 0.05) is 12.1 Å². The molecule has 1 spiro atoms. The van der Waals surface area contributed by atoms with Gasteiger partial charge in [-0.1, -0.05) is 43.5 Å². The number of benzene rings is 1. The molecule has 0 amide bonds. The van der Waals surface area contributed by atoms with Gasteiger partial charge in [0.15, 0.2) is 0 Å². The highest BCUT2D eigenvalue weighted by Gasteiger charge is 2.47. The van der Waals surface area contributed by atoms with Gasteiger partial charge >= 0.3 is 0 Å². The van der Waals surface area contributed by atoms with Crippen molar-refractivity contribution < 1.29 is 0 Å². The summed E-state index contributed by atoms with van der Waals surface area (Å²) in [6, 6.07) is 10.5. The largest absolute Gasteiger partial charge is 0.307 e. The van der Waals surface area contributed by atoms with E-state index < -0.39 is 0 Å². The van der Waals surface area contributed by atoms with Crippen LogP contribution in [0.3, 0.4) is 0 Å². The molecule has 1 nitrogen and oxygen atoms in total. The molecular weight excluding hydrogens is 242 g/mol. The van der Waals surface area contributed by atoms with Crippen LogP contribution in [0.15, 0.2) is 24.3 Å². The Morgan fingerprint density at radius 3 is 2.55 bits per heavy atom. The van der Waals surface area contributed by atoms with Gasteiger partial charge < -0.3 is 5.32 Å². The van der Waals surface area contributed by atoms with Crippen molar-refractivity contribution in [1.82, 2.24) is 5.32 Å². The molecule has 0 aromatic heterocycles. The molecule has 2 unspecified atom stereocenters. The zero-order chi connectivity index (χ0) is 13.4. The number of fused-ring (bicyclic) bond motifs is 1. The SMILES string of the molecule is c1ccc2c(c1)CCCC2NC1CCC12CCCCC2. The van der Waals surface area contributed by atoms with E-state index in [2.05, 4.69) is 29.6 Å². The van der Waals surface area contributed by atoms with Crippen LogP contribution < -0.4 is 5.32 Å². The summed E-state index contributed by atoms with van der Waals surface area (Å²) < 4.78 is 0. The fraction of sp³-hybridized carbons (Fsp3) is 0.684. The van der Waals surface area contributed by atoms with E-state index in [1.165, 1.54) is 64.2 Å².